The fourth-order valence-corrected chi connectivity index (χ4v) is 12.1. The van der Waals surface area contributed by atoms with Gasteiger partial charge in [0.25, 0.3) is 0 Å². The molecule has 0 saturated carbocycles. The van der Waals surface area contributed by atoms with Gasteiger partial charge in [0, 0.05) is 88.4 Å². The second kappa shape index (κ2) is 26.9. The summed E-state index contributed by atoms with van der Waals surface area (Å²) in [6, 6.07) is 33.7. The summed E-state index contributed by atoms with van der Waals surface area (Å²) in [4.78, 5) is 87.7. The molecule has 29 nitrogen and oxygen atoms in total. The molecule has 13 rings (SSSR count). The smallest absolute Gasteiger partial charge is 0.219 e. The summed E-state index contributed by atoms with van der Waals surface area (Å²) in [6.07, 6.45) is -13.6. The Hall–Kier alpha value is -12.0. The van der Waals surface area contributed by atoms with Gasteiger partial charge in [-0.05, 0) is 90.5 Å². The van der Waals surface area contributed by atoms with Gasteiger partial charge >= 0.3 is 0 Å². The zero-order chi connectivity index (χ0) is 69.7. The van der Waals surface area contributed by atoms with Gasteiger partial charge in [-0.1, -0.05) is 42.5 Å². The second-order valence-electron chi connectivity index (χ2n) is 24.1. The van der Waals surface area contributed by atoms with Crippen molar-refractivity contribution in [3.63, 3.8) is 0 Å². The van der Waals surface area contributed by atoms with Gasteiger partial charge in [-0.25, -0.2) is 0 Å². The van der Waals surface area contributed by atoms with Gasteiger partial charge < -0.3 is 109 Å². The molecule has 0 aliphatic carbocycles. The predicted molar refractivity (Wildman–Crippen MR) is 342 cm³/mol. The number of amides is 7. The van der Waals surface area contributed by atoms with Crippen LogP contribution in [-0.2, 0) is 33.6 Å². The van der Waals surface area contributed by atoms with Crippen molar-refractivity contribution in [1.82, 2.24) is 37.2 Å². The molecule has 6 aliphatic rings. The van der Waals surface area contributed by atoms with Crippen LogP contribution >= 0.6 is 0 Å². The average molecular weight is 1360 g/mol. The number of carbonyl (C=O) groups excluding carboxylic acids is 7. The highest BCUT2D eigenvalue weighted by atomic mass is 16.6. The molecular formula is C70H67N7O22. The number of ether oxygens (including phenoxy) is 12. The number of hydrogen-bond donors (Lipinski definition) is 10. The number of fused-ring (bicyclic) bond motifs is 6. The van der Waals surface area contributed by atoms with E-state index in [1.165, 1.54) is 66.7 Å². The van der Waals surface area contributed by atoms with E-state index in [-0.39, 0.29) is 81.4 Å². The molecule has 0 radical (unpaired) electrons. The van der Waals surface area contributed by atoms with Crippen LogP contribution < -0.4 is 94.1 Å². The maximum absolute atomic E-state index is 12.9. The highest BCUT2D eigenvalue weighted by Gasteiger charge is 2.44. The number of aromatic hydroxyl groups is 2. The molecule has 29 heteroatoms. The third-order valence-electron chi connectivity index (χ3n) is 16.5. The third kappa shape index (κ3) is 14.0. The minimum Gasteiger partial charge on any atom is -0.504 e. The van der Waals surface area contributed by atoms with E-state index in [4.69, 9.17) is 56.8 Å². The molecule has 7 aromatic carbocycles. The molecule has 0 spiro atoms. The summed E-state index contributed by atoms with van der Waals surface area (Å²) in [7, 11) is 0. The van der Waals surface area contributed by atoms with E-state index in [1.807, 2.05) is 0 Å². The highest BCUT2D eigenvalue weighted by molar-refractivity contribution is 5.76. The molecule has 0 fully saturated rings. The van der Waals surface area contributed by atoms with E-state index in [0.29, 0.717) is 44.7 Å². The lowest BCUT2D eigenvalue weighted by Gasteiger charge is -2.38. The number of phenols is 2. The van der Waals surface area contributed by atoms with Crippen molar-refractivity contribution in [1.29, 1.82) is 0 Å². The number of aliphatic hydroxyl groups is 1. The molecule has 0 saturated heterocycles. The summed E-state index contributed by atoms with van der Waals surface area (Å²) < 4.78 is 78.0. The Kier molecular flexibility index (Phi) is 17.8. The Labute approximate surface area is 564 Å². The topological polar surface area (TPSA) is 375 Å². The third-order valence-corrected chi connectivity index (χ3v) is 16.5. The molecule has 0 aromatic heterocycles. The second-order valence-corrected chi connectivity index (χ2v) is 24.1. The van der Waals surface area contributed by atoms with Gasteiger partial charge in [-0.15, -0.1) is 0 Å². The molecule has 13 atom stereocenters. The van der Waals surface area contributed by atoms with Crippen molar-refractivity contribution in [2.45, 2.75) is 129 Å². The molecule has 99 heavy (non-hydrogen) atoms. The van der Waals surface area contributed by atoms with E-state index in [2.05, 4.69) is 37.2 Å². The fraction of sp³-hybridized carbons (Fsp3) is 0.300. The van der Waals surface area contributed by atoms with Gasteiger partial charge in [0.2, 0.25) is 78.7 Å². The van der Waals surface area contributed by atoms with Crippen LogP contribution in [0.5, 0.6) is 80.5 Å². The summed E-state index contributed by atoms with van der Waals surface area (Å²) in [6.45, 7) is 9.24. The van der Waals surface area contributed by atoms with E-state index >= 15 is 0 Å². The number of hydrogen-bond acceptors (Lipinski definition) is 22. The summed E-state index contributed by atoms with van der Waals surface area (Å²) >= 11 is 0. The Bertz CT molecular complexity index is 4400. The monoisotopic (exact) mass is 1360 g/mol. The highest BCUT2D eigenvalue weighted by Crippen LogP contribution is 2.51. The van der Waals surface area contributed by atoms with Crippen LogP contribution in [0.15, 0.2) is 127 Å². The normalized spacial score (nSPS) is 23.5. The first kappa shape index (κ1) is 65.6. The molecule has 7 amide bonds. The fourth-order valence-electron chi connectivity index (χ4n) is 12.1. The number of carbonyl (C=O) groups is 7. The van der Waals surface area contributed by atoms with Crippen LogP contribution in [0.3, 0.4) is 0 Å². The lowest BCUT2D eigenvalue weighted by Crippen LogP contribution is -2.48. The number of rotatable bonds is 15. The molecule has 5 unspecified atom stereocenters. The Balaban J connectivity index is 0.748. The van der Waals surface area contributed by atoms with E-state index in [0.717, 1.165) is 0 Å². The molecule has 6 aliphatic heterocycles. The van der Waals surface area contributed by atoms with Crippen molar-refractivity contribution in [2.24, 2.45) is 0 Å². The maximum atomic E-state index is 12.9. The number of phenolic OH excluding ortho intramolecular Hbond substituents is 2. The van der Waals surface area contributed by atoms with Gasteiger partial charge in [-0.3, -0.25) is 33.6 Å². The Morgan fingerprint density at radius 3 is 0.808 bits per heavy atom. The summed E-state index contributed by atoms with van der Waals surface area (Å²) in [5.74, 6) is -0.773. The van der Waals surface area contributed by atoms with Gasteiger partial charge in [0.05, 0.1) is 6.10 Å². The number of nitrogens with one attached hydrogen (secondary N) is 7. The van der Waals surface area contributed by atoms with Gasteiger partial charge in [0.15, 0.2) is 117 Å². The van der Waals surface area contributed by atoms with Crippen molar-refractivity contribution < 1.29 is 106 Å². The molecule has 514 valence electrons. The van der Waals surface area contributed by atoms with E-state index in [9.17, 15) is 48.9 Å². The van der Waals surface area contributed by atoms with Gasteiger partial charge in [0.1, 0.15) is 0 Å². The average Bonchev–Trinajstić information content (AvgIpc) is 0.774. The first-order chi connectivity index (χ1) is 47.4. The SMILES string of the molecule is CC(=O)NCC(O)c1ccc2c(c1)O[C@H](c1ccc3c(c1)O[C@@H](c1ccc4c(c1)O[C@H](c1ccc5c(c1)O[C@@H](NC(C)=O)[C@@H](c1ccc6c(c1)OC(NC(C)=O)C(c1ccc7c(c1)OC(c1ccc(O)c(O)c1)C(NC(C)=O)O7)O6)O5)[C@@H](NC(C)=O)O4)[C@H](NC(C)=O)O3)[C@@H](NC(C)=O)O2. The first-order valence-corrected chi connectivity index (χ1v) is 31.3. The molecule has 7 aromatic rings. The van der Waals surface area contributed by atoms with Crippen LogP contribution in [-0.4, -0.2) is 101 Å². The zero-order valence-electron chi connectivity index (χ0n) is 53.9. The molecular weight excluding hydrogens is 1290 g/mol. The zero-order valence-corrected chi connectivity index (χ0v) is 53.9. The predicted octanol–water partition coefficient (Wildman–Crippen LogP) is 6.12. The summed E-state index contributed by atoms with van der Waals surface area (Å²) in [5.41, 5.74) is 3.15. The maximum Gasteiger partial charge on any atom is 0.219 e. The van der Waals surface area contributed by atoms with Crippen LogP contribution in [0.25, 0.3) is 0 Å². The quantitative estimate of drug-likeness (QED) is 0.0517. The van der Waals surface area contributed by atoms with Crippen molar-refractivity contribution in [2.75, 3.05) is 6.54 Å². The molecule has 6 heterocycles. The minimum absolute atomic E-state index is 0.0475. The minimum atomic E-state index is -1.16. The van der Waals surface area contributed by atoms with E-state index in [1.54, 1.807) is 109 Å². The lowest BCUT2D eigenvalue weighted by atomic mass is 10.0. The van der Waals surface area contributed by atoms with Crippen LogP contribution in [0.4, 0.5) is 0 Å². The molecule has 10 N–H and O–H groups in total. The van der Waals surface area contributed by atoms with Crippen molar-refractivity contribution in [3.05, 3.63) is 166 Å². The first-order valence-electron chi connectivity index (χ1n) is 31.3. The van der Waals surface area contributed by atoms with Crippen LogP contribution in [0.1, 0.15) is 130 Å². The Morgan fingerprint density at radius 2 is 0.525 bits per heavy atom. The largest absolute Gasteiger partial charge is 0.504 e. The lowest BCUT2D eigenvalue weighted by molar-refractivity contribution is -0.125. The van der Waals surface area contributed by atoms with Gasteiger partial charge in [-0.2, -0.15) is 0 Å². The molecule has 0 bridgehead atoms. The van der Waals surface area contributed by atoms with Crippen LogP contribution in [0, 0.1) is 0 Å². The number of benzene rings is 7. The van der Waals surface area contributed by atoms with Crippen molar-refractivity contribution in [3.8, 4) is 80.5 Å². The van der Waals surface area contributed by atoms with Crippen molar-refractivity contribution >= 4 is 41.4 Å². The van der Waals surface area contributed by atoms with Crippen LogP contribution in [0.2, 0.25) is 0 Å². The summed E-state index contributed by atoms with van der Waals surface area (Å²) in [5, 5.41) is 50.6. The Morgan fingerprint density at radius 1 is 0.293 bits per heavy atom. The standard InChI is InChI=1S/C70H67N7O22/c1-30(78)71-29-46(87)37-9-16-49-53(23-37)90-62(66(94-49)73-32(3)80)40-13-20-51-55(25-40)92-63(67(96-51)74-33(4)81)41-14-21-52-56(26-41)93-64(68(97-52)75-34(5)82)43-11-18-48-58(28-43)99-70(77-36(7)84)61(89-48)42-10-17-47-57(27-42)98-69(76-35(6)83)60(88-47)39-12-19-50-54(24-39)91-59(65(95-50)72-31(2)79)38-8-15-44(85)45(86)22-38/h8-28,46,59-70,85-87H,29H2,1-7H3,(H,71,78)(H,72,79)(H,73,80)(H,74,81)(H,75,82)(H,76,83)(H,77,84)/t46?,59?,60?,61-,62-,63+,64-,65?,66+,67-,68+,69?,70-/m1/s1. The number of aliphatic hydroxyl groups excluding tert-OH is 1. The van der Waals surface area contributed by atoms with E-state index < -0.39 is 121 Å².